The lowest BCUT2D eigenvalue weighted by atomic mass is 9.96. The van der Waals surface area contributed by atoms with E-state index < -0.39 is 0 Å². The molecule has 0 aliphatic carbocycles. The van der Waals surface area contributed by atoms with Crippen LogP contribution in [0.2, 0.25) is 0 Å². The highest BCUT2D eigenvalue weighted by Gasteiger charge is 2.20. The fourth-order valence-electron chi connectivity index (χ4n) is 2.52. The van der Waals surface area contributed by atoms with Crippen molar-refractivity contribution < 1.29 is 14.1 Å². The first-order valence-corrected chi connectivity index (χ1v) is 9.06. The van der Waals surface area contributed by atoms with Crippen LogP contribution < -0.4 is 10.1 Å². The van der Waals surface area contributed by atoms with Crippen LogP contribution in [0, 0.1) is 13.8 Å². The van der Waals surface area contributed by atoms with Crippen molar-refractivity contribution in [3.05, 3.63) is 41.0 Å². The second-order valence-corrected chi connectivity index (χ2v) is 7.53. The number of amides is 1. The minimum Gasteiger partial charge on any atom is -0.491 e. The van der Waals surface area contributed by atoms with Crippen molar-refractivity contribution in [3.63, 3.8) is 0 Å². The van der Waals surface area contributed by atoms with Gasteiger partial charge in [0.2, 0.25) is 11.8 Å². The maximum Gasteiger partial charge on any atom is 0.226 e. The summed E-state index contributed by atoms with van der Waals surface area (Å²) in [7, 11) is 0. The molecule has 0 aliphatic rings. The smallest absolute Gasteiger partial charge is 0.226 e. The number of carbonyl (C=O) groups is 1. The highest BCUT2D eigenvalue weighted by Crippen LogP contribution is 2.22. The number of hydrogen-bond acceptors (Lipinski definition) is 5. The van der Waals surface area contributed by atoms with E-state index >= 15 is 0 Å². The number of benzene rings is 1. The first-order chi connectivity index (χ1) is 12.3. The molecular weight excluding hydrogens is 330 g/mol. The Morgan fingerprint density at radius 2 is 1.92 bits per heavy atom. The van der Waals surface area contributed by atoms with E-state index in [1.54, 1.807) is 0 Å². The van der Waals surface area contributed by atoms with Crippen molar-refractivity contribution in [1.29, 1.82) is 0 Å². The van der Waals surface area contributed by atoms with Crippen LogP contribution in [-0.2, 0) is 16.6 Å². The first kappa shape index (κ1) is 19.9. The van der Waals surface area contributed by atoms with Crippen molar-refractivity contribution in [2.24, 2.45) is 0 Å². The highest BCUT2D eigenvalue weighted by atomic mass is 16.5. The number of ether oxygens (including phenoxy) is 1. The summed E-state index contributed by atoms with van der Waals surface area (Å²) in [6.45, 7) is 11.1. The Hall–Kier alpha value is -2.37. The minimum absolute atomic E-state index is 0.00525. The van der Waals surface area contributed by atoms with Gasteiger partial charge in [-0.15, -0.1) is 0 Å². The van der Waals surface area contributed by atoms with Gasteiger partial charge in [-0.25, -0.2) is 0 Å². The molecule has 0 atom stereocenters. The number of aryl methyl sites for hydroxylation is 3. The fraction of sp³-hybridized carbons (Fsp3) is 0.550. The van der Waals surface area contributed by atoms with Gasteiger partial charge in [-0.3, -0.25) is 4.79 Å². The van der Waals surface area contributed by atoms with Crippen molar-refractivity contribution in [2.75, 3.05) is 13.2 Å². The molecule has 2 aromatic rings. The Labute approximate surface area is 155 Å². The molecule has 0 aliphatic heterocycles. The molecule has 0 radical (unpaired) electrons. The topological polar surface area (TPSA) is 77.2 Å². The van der Waals surface area contributed by atoms with Gasteiger partial charge in [0.05, 0.1) is 6.54 Å². The Balaban J connectivity index is 1.64. The van der Waals surface area contributed by atoms with Crippen molar-refractivity contribution in [3.8, 4) is 5.75 Å². The lowest BCUT2D eigenvalue weighted by Crippen LogP contribution is -2.28. The van der Waals surface area contributed by atoms with Gasteiger partial charge in [0.25, 0.3) is 0 Å². The molecule has 142 valence electrons. The molecule has 6 nitrogen and oxygen atoms in total. The number of rotatable bonds is 8. The molecule has 1 heterocycles. The maximum atomic E-state index is 11.9. The Kier molecular flexibility index (Phi) is 6.77. The van der Waals surface area contributed by atoms with Gasteiger partial charge in [0.15, 0.2) is 5.82 Å². The summed E-state index contributed by atoms with van der Waals surface area (Å²) in [5, 5.41) is 6.86. The molecule has 6 heteroatoms. The standard InChI is InChI=1S/C20H29N3O3/c1-14-8-6-9-15(2)18(14)25-13-12-21-16(24)10-7-11-17-22-19(23-26-17)20(3,4)5/h6,8-9H,7,10-13H2,1-5H3,(H,21,24). The van der Waals surface area contributed by atoms with E-state index in [9.17, 15) is 4.79 Å². The molecule has 2 rings (SSSR count). The molecule has 0 saturated carbocycles. The van der Waals surface area contributed by atoms with Crippen LogP contribution in [0.3, 0.4) is 0 Å². The van der Waals surface area contributed by atoms with Crippen LogP contribution in [0.15, 0.2) is 22.7 Å². The van der Waals surface area contributed by atoms with Crippen LogP contribution in [0.4, 0.5) is 0 Å². The van der Waals surface area contributed by atoms with Gasteiger partial charge in [0.1, 0.15) is 12.4 Å². The predicted octanol–water partition coefficient (Wildman–Crippen LogP) is 3.50. The number of nitrogens with one attached hydrogen (secondary N) is 1. The van der Waals surface area contributed by atoms with Crippen molar-refractivity contribution >= 4 is 5.91 Å². The number of carbonyl (C=O) groups excluding carboxylic acids is 1. The van der Waals surface area contributed by atoms with E-state index in [-0.39, 0.29) is 11.3 Å². The SMILES string of the molecule is Cc1cccc(C)c1OCCNC(=O)CCCc1nc(C(C)(C)C)no1. The molecule has 26 heavy (non-hydrogen) atoms. The van der Waals surface area contributed by atoms with Crippen molar-refractivity contribution in [1.82, 2.24) is 15.5 Å². The molecule has 0 fully saturated rings. The maximum absolute atomic E-state index is 11.9. The Morgan fingerprint density at radius 1 is 1.23 bits per heavy atom. The second-order valence-electron chi connectivity index (χ2n) is 7.53. The largest absolute Gasteiger partial charge is 0.491 e. The molecule has 1 amide bonds. The molecule has 1 aromatic heterocycles. The van der Waals surface area contributed by atoms with Gasteiger partial charge in [-0.05, 0) is 31.4 Å². The van der Waals surface area contributed by atoms with Crippen LogP contribution >= 0.6 is 0 Å². The van der Waals surface area contributed by atoms with E-state index in [1.165, 1.54) is 0 Å². The van der Waals surface area contributed by atoms with Gasteiger partial charge >= 0.3 is 0 Å². The summed E-state index contributed by atoms with van der Waals surface area (Å²) in [6.07, 6.45) is 1.71. The molecule has 0 unspecified atom stereocenters. The van der Waals surface area contributed by atoms with E-state index in [2.05, 4.69) is 15.5 Å². The third-order valence-electron chi connectivity index (χ3n) is 4.01. The van der Waals surface area contributed by atoms with Crippen LogP contribution in [0.5, 0.6) is 5.75 Å². The van der Waals surface area contributed by atoms with Gasteiger partial charge in [-0.2, -0.15) is 4.98 Å². The molecule has 1 N–H and O–H groups in total. The third kappa shape index (κ3) is 5.86. The summed E-state index contributed by atoms with van der Waals surface area (Å²) in [4.78, 5) is 16.3. The van der Waals surface area contributed by atoms with Crippen molar-refractivity contribution in [2.45, 2.75) is 59.3 Å². The van der Waals surface area contributed by atoms with E-state index in [0.717, 1.165) is 16.9 Å². The molecular formula is C20H29N3O3. The molecule has 0 bridgehead atoms. The number of aromatic nitrogens is 2. The molecule has 0 spiro atoms. The second kappa shape index (κ2) is 8.83. The highest BCUT2D eigenvalue weighted by molar-refractivity contribution is 5.75. The Morgan fingerprint density at radius 3 is 2.54 bits per heavy atom. The van der Waals surface area contributed by atoms with Crippen LogP contribution in [0.1, 0.15) is 56.5 Å². The fourth-order valence-corrected chi connectivity index (χ4v) is 2.52. The van der Waals surface area contributed by atoms with Gasteiger partial charge in [0, 0.05) is 18.3 Å². The summed E-state index contributed by atoms with van der Waals surface area (Å²) in [6, 6.07) is 6.04. The first-order valence-electron chi connectivity index (χ1n) is 9.06. The normalized spacial score (nSPS) is 11.4. The summed E-state index contributed by atoms with van der Waals surface area (Å²) < 4.78 is 11.0. The number of nitrogens with zero attached hydrogens (tertiary/aromatic N) is 2. The quantitative estimate of drug-likeness (QED) is 0.730. The average Bonchev–Trinajstić information content (AvgIpc) is 3.03. The number of hydrogen-bond donors (Lipinski definition) is 1. The van der Waals surface area contributed by atoms with E-state index in [4.69, 9.17) is 9.26 Å². The van der Waals surface area contributed by atoms with E-state index in [0.29, 0.717) is 44.1 Å². The predicted molar refractivity (Wildman–Crippen MR) is 100 cm³/mol. The van der Waals surface area contributed by atoms with Crippen LogP contribution in [0.25, 0.3) is 0 Å². The zero-order chi connectivity index (χ0) is 19.2. The van der Waals surface area contributed by atoms with E-state index in [1.807, 2.05) is 52.8 Å². The summed E-state index contributed by atoms with van der Waals surface area (Å²) in [5.41, 5.74) is 2.07. The Bertz CT molecular complexity index is 712. The molecule has 1 aromatic carbocycles. The lowest BCUT2D eigenvalue weighted by molar-refractivity contribution is -0.121. The minimum atomic E-state index is -0.130. The zero-order valence-corrected chi connectivity index (χ0v) is 16.4. The van der Waals surface area contributed by atoms with Gasteiger partial charge < -0.3 is 14.6 Å². The van der Waals surface area contributed by atoms with Crippen LogP contribution in [-0.4, -0.2) is 29.2 Å². The third-order valence-corrected chi connectivity index (χ3v) is 4.01. The average molecular weight is 359 g/mol. The number of para-hydroxylation sites is 1. The van der Waals surface area contributed by atoms with Gasteiger partial charge in [-0.1, -0.05) is 44.1 Å². The lowest BCUT2D eigenvalue weighted by Gasteiger charge is -2.12. The summed E-state index contributed by atoms with van der Waals surface area (Å²) in [5.74, 6) is 2.18. The zero-order valence-electron chi connectivity index (χ0n) is 16.4. The summed E-state index contributed by atoms with van der Waals surface area (Å²) >= 11 is 0. The monoisotopic (exact) mass is 359 g/mol. The molecule has 0 saturated heterocycles.